The van der Waals surface area contributed by atoms with Gasteiger partial charge in [0.05, 0.1) is 29.1 Å². The second-order valence-electron chi connectivity index (χ2n) is 7.25. The third kappa shape index (κ3) is 3.94. The predicted octanol–water partition coefficient (Wildman–Crippen LogP) is 6.06. The molecule has 5 nitrogen and oxygen atoms in total. The van der Waals surface area contributed by atoms with E-state index in [4.69, 9.17) is 9.47 Å². The van der Waals surface area contributed by atoms with Gasteiger partial charge in [0.15, 0.2) is 5.76 Å². The average Bonchev–Trinajstić information content (AvgIpc) is 3.20. The molecule has 4 aromatic rings. The normalized spacial score (nSPS) is 12.5. The Kier molecular flexibility index (Phi) is 6.13. The van der Waals surface area contributed by atoms with Crippen molar-refractivity contribution in [2.24, 2.45) is 0 Å². The van der Waals surface area contributed by atoms with Crippen LogP contribution in [0.2, 0.25) is 0 Å². The Hall–Kier alpha value is -3.03. The summed E-state index contributed by atoms with van der Waals surface area (Å²) in [4.78, 5) is 0.210. The number of methoxy groups -OCH3 is 2. The molecular formula is C25H22BrNO4S. The third-order valence-electron chi connectivity index (χ3n) is 5.21. The third-order valence-corrected chi connectivity index (χ3v) is 7.77. The lowest BCUT2D eigenvalue weighted by atomic mass is 10.1. The number of ether oxygens (including phenoxy) is 2. The zero-order valence-corrected chi connectivity index (χ0v) is 20.3. The summed E-state index contributed by atoms with van der Waals surface area (Å²) in [6.45, 7) is 1.92. The van der Waals surface area contributed by atoms with E-state index in [0.717, 1.165) is 22.3 Å². The van der Waals surface area contributed by atoms with Crippen LogP contribution in [0, 0.1) is 6.92 Å². The maximum absolute atomic E-state index is 13.8. The molecule has 0 aliphatic rings. The molecule has 0 N–H and O–H groups in total. The van der Waals surface area contributed by atoms with Crippen molar-refractivity contribution in [3.05, 3.63) is 95.7 Å². The van der Waals surface area contributed by atoms with Gasteiger partial charge in [0, 0.05) is 5.39 Å². The number of nitrogens with zero attached hydrogens (tertiary/aromatic N) is 1. The van der Waals surface area contributed by atoms with Crippen molar-refractivity contribution in [3.8, 4) is 5.75 Å². The van der Waals surface area contributed by atoms with Crippen molar-refractivity contribution in [1.29, 1.82) is 0 Å². The molecule has 0 fully saturated rings. The maximum Gasteiger partial charge on any atom is 0.268 e. The van der Waals surface area contributed by atoms with Crippen molar-refractivity contribution in [3.63, 3.8) is 0 Å². The van der Waals surface area contributed by atoms with E-state index in [1.54, 1.807) is 37.4 Å². The van der Waals surface area contributed by atoms with Gasteiger partial charge in [-0.1, -0.05) is 48.0 Å². The van der Waals surface area contributed by atoms with Gasteiger partial charge in [-0.2, -0.15) is 0 Å². The minimum atomic E-state index is -3.89. The smallest absolute Gasteiger partial charge is 0.268 e. The molecule has 7 heteroatoms. The lowest BCUT2D eigenvalue weighted by molar-refractivity contribution is 0.370. The summed E-state index contributed by atoms with van der Waals surface area (Å²) in [5, 5.41) is 0.794. The predicted molar refractivity (Wildman–Crippen MR) is 131 cm³/mol. The molecule has 0 atom stereocenters. The number of halogens is 1. The monoisotopic (exact) mass is 511 g/mol. The molecule has 0 aliphatic carbocycles. The fourth-order valence-corrected chi connectivity index (χ4v) is 5.68. The first-order valence-electron chi connectivity index (χ1n) is 9.88. The first-order chi connectivity index (χ1) is 15.4. The fourth-order valence-electron chi connectivity index (χ4n) is 3.54. The highest BCUT2D eigenvalue weighted by Crippen LogP contribution is 2.37. The van der Waals surface area contributed by atoms with Gasteiger partial charge in [-0.3, -0.25) is 0 Å². The van der Waals surface area contributed by atoms with E-state index in [0.29, 0.717) is 21.5 Å². The van der Waals surface area contributed by atoms with Crippen LogP contribution in [-0.4, -0.2) is 26.6 Å². The maximum atomic E-state index is 13.8. The second-order valence-corrected chi connectivity index (χ2v) is 9.83. The van der Waals surface area contributed by atoms with Crippen molar-refractivity contribution in [2.45, 2.75) is 11.8 Å². The number of aromatic nitrogens is 1. The van der Waals surface area contributed by atoms with E-state index < -0.39 is 10.0 Å². The quantitative estimate of drug-likeness (QED) is 0.295. The number of hydrogen-bond donors (Lipinski definition) is 0. The van der Waals surface area contributed by atoms with Gasteiger partial charge >= 0.3 is 0 Å². The Labute approximate surface area is 196 Å². The van der Waals surface area contributed by atoms with Crippen LogP contribution in [0.3, 0.4) is 0 Å². The van der Waals surface area contributed by atoms with E-state index >= 15 is 0 Å². The van der Waals surface area contributed by atoms with Crippen LogP contribution in [0.4, 0.5) is 0 Å². The fraction of sp³-hybridized carbons (Fsp3) is 0.120. The topological polar surface area (TPSA) is 57.5 Å². The highest BCUT2D eigenvalue weighted by atomic mass is 79.9. The Morgan fingerprint density at radius 2 is 1.56 bits per heavy atom. The molecule has 0 spiro atoms. The molecule has 0 radical (unpaired) electrons. The van der Waals surface area contributed by atoms with Gasteiger partial charge in [0.1, 0.15) is 11.4 Å². The van der Waals surface area contributed by atoms with Crippen molar-refractivity contribution < 1.29 is 17.9 Å². The minimum absolute atomic E-state index is 0.210. The molecule has 0 saturated heterocycles. The molecule has 32 heavy (non-hydrogen) atoms. The molecule has 3 aromatic carbocycles. The van der Waals surface area contributed by atoms with Crippen molar-refractivity contribution >= 4 is 47.1 Å². The number of aryl methyl sites for hydroxylation is 1. The van der Waals surface area contributed by atoms with Gasteiger partial charge in [-0.15, -0.1) is 0 Å². The second kappa shape index (κ2) is 8.84. The number of benzene rings is 3. The van der Waals surface area contributed by atoms with Crippen LogP contribution >= 0.6 is 15.9 Å². The Morgan fingerprint density at radius 1 is 0.906 bits per heavy atom. The first-order valence-corrected chi connectivity index (χ1v) is 12.1. The average molecular weight is 512 g/mol. The van der Waals surface area contributed by atoms with Crippen LogP contribution in [0.15, 0.2) is 83.8 Å². The van der Waals surface area contributed by atoms with E-state index in [9.17, 15) is 8.42 Å². The van der Waals surface area contributed by atoms with Gasteiger partial charge in [-0.05, 0) is 64.8 Å². The van der Waals surface area contributed by atoms with Crippen molar-refractivity contribution in [2.75, 3.05) is 14.2 Å². The van der Waals surface area contributed by atoms with E-state index in [1.165, 1.54) is 11.1 Å². The highest BCUT2D eigenvalue weighted by molar-refractivity contribution is 9.15. The molecule has 4 rings (SSSR count). The van der Waals surface area contributed by atoms with Crippen molar-refractivity contribution in [1.82, 2.24) is 3.97 Å². The van der Waals surface area contributed by atoms with E-state index in [-0.39, 0.29) is 4.90 Å². The number of fused-ring (bicyclic) bond motifs is 1. The van der Waals surface area contributed by atoms with Crippen LogP contribution in [0.5, 0.6) is 5.75 Å². The van der Waals surface area contributed by atoms with Gasteiger partial charge in [0.2, 0.25) is 0 Å². The molecule has 0 aliphatic heterocycles. The molecule has 0 saturated carbocycles. The molecule has 0 unspecified atom stereocenters. The summed E-state index contributed by atoms with van der Waals surface area (Å²) >= 11 is 3.63. The molecule has 0 amide bonds. The first kappa shape index (κ1) is 22.2. The van der Waals surface area contributed by atoms with Crippen LogP contribution in [0.1, 0.15) is 16.8 Å². The highest BCUT2D eigenvalue weighted by Gasteiger charge is 2.26. The van der Waals surface area contributed by atoms with Gasteiger partial charge in [-0.25, -0.2) is 12.4 Å². The molecule has 164 valence electrons. The summed E-state index contributed by atoms with van der Waals surface area (Å²) in [5.41, 5.74) is 2.82. The van der Waals surface area contributed by atoms with Crippen LogP contribution < -0.4 is 4.74 Å². The van der Waals surface area contributed by atoms with Crippen LogP contribution in [-0.2, 0) is 14.8 Å². The number of hydrogen-bond acceptors (Lipinski definition) is 4. The zero-order valence-electron chi connectivity index (χ0n) is 17.9. The summed E-state index contributed by atoms with van der Waals surface area (Å²) < 4.78 is 40.5. The lowest BCUT2D eigenvalue weighted by Crippen LogP contribution is -2.16. The van der Waals surface area contributed by atoms with Crippen LogP contribution in [0.25, 0.3) is 21.1 Å². The van der Waals surface area contributed by atoms with E-state index in [2.05, 4.69) is 15.9 Å². The molecule has 1 aromatic heterocycles. The number of para-hydroxylation sites is 1. The molecular weight excluding hydrogens is 490 g/mol. The minimum Gasteiger partial charge on any atom is -0.497 e. The summed E-state index contributed by atoms with van der Waals surface area (Å²) in [6.07, 6.45) is 0. The van der Waals surface area contributed by atoms with Gasteiger partial charge < -0.3 is 9.47 Å². The molecule has 0 bridgehead atoms. The largest absolute Gasteiger partial charge is 0.497 e. The Balaban J connectivity index is 1.99. The number of rotatable bonds is 6. The Morgan fingerprint density at radius 3 is 2.19 bits per heavy atom. The SMILES string of the molecule is CO/C(=C(\Br)c1ccc(OC)cc1)c1cc2ccccc2n1S(=O)(=O)c1ccc(C)cc1. The lowest BCUT2D eigenvalue weighted by Gasteiger charge is -2.15. The van der Waals surface area contributed by atoms with E-state index in [1.807, 2.05) is 55.5 Å². The summed E-state index contributed by atoms with van der Waals surface area (Å²) in [5.74, 6) is 1.13. The van der Waals surface area contributed by atoms with Gasteiger partial charge in [0.25, 0.3) is 10.0 Å². The Bertz CT molecular complexity index is 1400. The molecule has 1 heterocycles. The summed E-state index contributed by atoms with van der Waals surface area (Å²) in [6, 6.07) is 23.5. The summed E-state index contributed by atoms with van der Waals surface area (Å²) in [7, 11) is -0.755. The zero-order chi connectivity index (χ0) is 22.9. The standard InChI is InChI=1S/C25H22BrNO4S/c1-17-8-14-21(15-9-17)32(28,29)27-22-7-5-4-6-19(22)16-23(27)25(31-3)24(26)18-10-12-20(30-2)13-11-18/h4-16H,1-3H3/b25-24-.